The number of rotatable bonds is 5. The molecule has 0 amide bonds. The lowest BCUT2D eigenvalue weighted by Crippen LogP contribution is -2.38. The van der Waals surface area contributed by atoms with Crippen LogP contribution in [0.5, 0.6) is 0 Å². The van der Waals surface area contributed by atoms with Crippen LogP contribution in [-0.4, -0.2) is 28.8 Å². The molecule has 1 N–H and O–H groups in total. The van der Waals surface area contributed by atoms with E-state index in [2.05, 4.69) is 58.4 Å². The second-order valence-corrected chi connectivity index (χ2v) is 8.50. The molecule has 3 aromatic carbocycles. The fourth-order valence-corrected chi connectivity index (χ4v) is 4.93. The maximum atomic E-state index is 14.1. The average molecular weight is 409 g/mol. The molecule has 1 aliphatic rings. The van der Waals surface area contributed by atoms with Crippen molar-refractivity contribution >= 4 is 16.7 Å². The number of nitrogens with zero attached hydrogens (tertiary/aromatic N) is 1. The maximum Gasteiger partial charge on any atom is 0.184 e. The van der Waals surface area contributed by atoms with Crippen molar-refractivity contribution in [2.45, 2.75) is 32.2 Å². The van der Waals surface area contributed by atoms with Gasteiger partial charge in [0.1, 0.15) is 6.04 Å². The van der Waals surface area contributed by atoms with Gasteiger partial charge in [0, 0.05) is 22.0 Å². The fourth-order valence-electron chi connectivity index (χ4n) is 4.93. The third-order valence-electron chi connectivity index (χ3n) is 6.50. The Morgan fingerprint density at radius 1 is 0.839 bits per heavy atom. The predicted octanol–water partition coefficient (Wildman–Crippen LogP) is 6.55. The highest BCUT2D eigenvalue weighted by Gasteiger charge is 2.34. The van der Waals surface area contributed by atoms with Crippen LogP contribution in [-0.2, 0) is 0 Å². The van der Waals surface area contributed by atoms with Crippen LogP contribution in [0.3, 0.4) is 0 Å². The average Bonchev–Trinajstić information content (AvgIpc) is 3.20. The molecule has 0 bridgehead atoms. The van der Waals surface area contributed by atoms with Crippen molar-refractivity contribution < 1.29 is 4.79 Å². The molecule has 1 aromatic heterocycles. The molecule has 0 radical (unpaired) electrons. The van der Waals surface area contributed by atoms with E-state index in [0.29, 0.717) is 0 Å². The van der Waals surface area contributed by atoms with Gasteiger partial charge in [-0.05, 0) is 50.0 Å². The lowest BCUT2D eigenvalue weighted by molar-refractivity contribution is 0.0785. The Labute approximate surface area is 183 Å². The van der Waals surface area contributed by atoms with E-state index in [0.717, 1.165) is 64.8 Å². The minimum absolute atomic E-state index is 0.196. The van der Waals surface area contributed by atoms with Gasteiger partial charge in [0.2, 0.25) is 0 Å². The van der Waals surface area contributed by atoms with E-state index in [4.69, 9.17) is 0 Å². The number of aryl methyl sites for hydroxylation is 1. The molecular weight excluding hydrogens is 380 g/mol. The third-order valence-corrected chi connectivity index (χ3v) is 6.50. The number of ketones is 1. The number of H-pyrrole nitrogens is 1. The Morgan fingerprint density at radius 2 is 1.52 bits per heavy atom. The molecule has 1 fully saturated rings. The predicted molar refractivity (Wildman–Crippen MR) is 127 cm³/mol. The molecular formula is C28H28N2O. The number of hydrogen-bond acceptors (Lipinski definition) is 2. The summed E-state index contributed by atoms with van der Waals surface area (Å²) in [6.45, 7) is 3.94. The van der Waals surface area contributed by atoms with E-state index in [1.165, 1.54) is 6.42 Å². The number of aromatic nitrogens is 1. The molecule has 2 heterocycles. The first-order valence-corrected chi connectivity index (χ1v) is 11.2. The standard InChI is InChI=1S/C28H28N2O/c1-20-12-6-7-15-22(20)28(31)27(30-18-10-3-11-19-30)25-23-16-8-9-17-24(23)29-26(25)21-13-4-2-5-14-21/h2,4-9,12-17,27,29H,3,10-11,18-19H2,1H3. The molecule has 1 aliphatic heterocycles. The van der Waals surface area contributed by atoms with Gasteiger partial charge in [-0.15, -0.1) is 0 Å². The van der Waals surface area contributed by atoms with E-state index in [1.807, 2.05) is 37.3 Å². The molecule has 3 heteroatoms. The van der Waals surface area contributed by atoms with Crippen LogP contribution in [0.15, 0.2) is 78.9 Å². The van der Waals surface area contributed by atoms with E-state index < -0.39 is 0 Å². The lowest BCUT2D eigenvalue weighted by Gasteiger charge is -2.34. The number of aromatic amines is 1. The zero-order chi connectivity index (χ0) is 21.2. The second kappa shape index (κ2) is 8.52. The fraction of sp³-hybridized carbons (Fsp3) is 0.250. The van der Waals surface area contributed by atoms with Crippen molar-refractivity contribution in [2.75, 3.05) is 13.1 Å². The maximum absolute atomic E-state index is 14.1. The third kappa shape index (κ3) is 3.70. The van der Waals surface area contributed by atoms with Crippen LogP contribution in [0, 0.1) is 6.92 Å². The number of piperidine rings is 1. The summed E-state index contributed by atoms with van der Waals surface area (Å²) in [5.41, 5.74) is 6.22. The Bertz CT molecular complexity index is 1200. The van der Waals surface area contributed by atoms with Gasteiger partial charge in [-0.3, -0.25) is 9.69 Å². The number of Topliss-reactive ketones (excluding diaryl/α,β-unsaturated/α-hetero) is 1. The van der Waals surface area contributed by atoms with Gasteiger partial charge in [0.05, 0.1) is 5.69 Å². The molecule has 156 valence electrons. The molecule has 31 heavy (non-hydrogen) atoms. The number of carbonyl (C=O) groups is 1. The highest BCUT2D eigenvalue weighted by molar-refractivity contribution is 6.06. The second-order valence-electron chi connectivity index (χ2n) is 8.50. The summed E-state index contributed by atoms with van der Waals surface area (Å²) in [6, 6.07) is 26.5. The zero-order valence-corrected chi connectivity index (χ0v) is 18.0. The number of hydrogen-bond donors (Lipinski definition) is 1. The summed E-state index contributed by atoms with van der Waals surface area (Å²) < 4.78 is 0. The number of benzene rings is 3. The number of nitrogens with one attached hydrogen (secondary N) is 1. The Balaban J connectivity index is 1.74. The van der Waals surface area contributed by atoms with Crippen LogP contribution in [0.2, 0.25) is 0 Å². The van der Waals surface area contributed by atoms with Gasteiger partial charge in [-0.2, -0.15) is 0 Å². The van der Waals surface area contributed by atoms with Crippen LogP contribution in [0.4, 0.5) is 0 Å². The van der Waals surface area contributed by atoms with Gasteiger partial charge in [0.15, 0.2) is 5.78 Å². The molecule has 0 aliphatic carbocycles. The highest BCUT2D eigenvalue weighted by atomic mass is 16.1. The molecule has 0 spiro atoms. The summed E-state index contributed by atoms with van der Waals surface area (Å²) in [5.74, 6) is 0.196. The molecule has 1 atom stereocenters. The number of fused-ring (bicyclic) bond motifs is 1. The van der Waals surface area contributed by atoms with Crippen molar-refractivity contribution in [3.63, 3.8) is 0 Å². The molecule has 3 nitrogen and oxygen atoms in total. The summed E-state index contributed by atoms with van der Waals surface area (Å²) in [6.07, 6.45) is 3.52. The summed E-state index contributed by atoms with van der Waals surface area (Å²) in [7, 11) is 0. The SMILES string of the molecule is Cc1ccccc1C(=O)C(c1c(-c2ccccc2)[nH]c2ccccc12)N1CCCCC1. The van der Waals surface area contributed by atoms with Gasteiger partial charge in [-0.1, -0.05) is 79.2 Å². The largest absolute Gasteiger partial charge is 0.354 e. The molecule has 1 unspecified atom stereocenters. The summed E-state index contributed by atoms with van der Waals surface area (Å²) >= 11 is 0. The first-order chi connectivity index (χ1) is 15.2. The van der Waals surface area contributed by atoms with E-state index in [1.54, 1.807) is 0 Å². The Morgan fingerprint density at radius 3 is 2.29 bits per heavy atom. The van der Waals surface area contributed by atoms with Crippen LogP contribution in [0.25, 0.3) is 22.2 Å². The van der Waals surface area contributed by atoms with E-state index >= 15 is 0 Å². The van der Waals surface area contributed by atoms with Crippen LogP contribution in [0.1, 0.15) is 46.8 Å². The van der Waals surface area contributed by atoms with Crippen LogP contribution < -0.4 is 0 Å². The molecule has 0 saturated carbocycles. The highest BCUT2D eigenvalue weighted by Crippen LogP contribution is 2.40. The lowest BCUT2D eigenvalue weighted by atomic mass is 9.89. The summed E-state index contributed by atoms with van der Waals surface area (Å²) in [4.78, 5) is 20.2. The van der Waals surface area contributed by atoms with Crippen molar-refractivity contribution in [1.29, 1.82) is 0 Å². The number of para-hydroxylation sites is 1. The zero-order valence-electron chi connectivity index (χ0n) is 18.0. The number of carbonyl (C=O) groups excluding carboxylic acids is 1. The van der Waals surface area contributed by atoms with Crippen molar-refractivity contribution in [3.05, 3.63) is 95.6 Å². The topological polar surface area (TPSA) is 36.1 Å². The van der Waals surface area contributed by atoms with Gasteiger partial charge >= 0.3 is 0 Å². The van der Waals surface area contributed by atoms with Crippen molar-refractivity contribution in [3.8, 4) is 11.3 Å². The minimum atomic E-state index is -0.298. The molecule has 5 rings (SSSR count). The Hall–Kier alpha value is -3.17. The monoisotopic (exact) mass is 408 g/mol. The molecule has 4 aromatic rings. The normalized spacial score (nSPS) is 15.8. The van der Waals surface area contributed by atoms with Gasteiger partial charge in [0.25, 0.3) is 0 Å². The first-order valence-electron chi connectivity index (χ1n) is 11.2. The van der Waals surface area contributed by atoms with Crippen LogP contribution >= 0.6 is 0 Å². The van der Waals surface area contributed by atoms with Crippen molar-refractivity contribution in [1.82, 2.24) is 9.88 Å². The molecule has 1 saturated heterocycles. The van der Waals surface area contributed by atoms with Gasteiger partial charge in [-0.25, -0.2) is 0 Å². The van der Waals surface area contributed by atoms with E-state index in [9.17, 15) is 4.79 Å². The first kappa shape index (κ1) is 19.8. The quantitative estimate of drug-likeness (QED) is 0.380. The number of likely N-dealkylation sites (tertiary alicyclic amines) is 1. The van der Waals surface area contributed by atoms with Crippen molar-refractivity contribution in [2.24, 2.45) is 0 Å². The van der Waals surface area contributed by atoms with Gasteiger partial charge < -0.3 is 4.98 Å². The Kier molecular flexibility index (Phi) is 5.44. The smallest absolute Gasteiger partial charge is 0.184 e. The minimum Gasteiger partial charge on any atom is -0.354 e. The van der Waals surface area contributed by atoms with E-state index in [-0.39, 0.29) is 11.8 Å². The summed E-state index contributed by atoms with van der Waals surface area (Å²) in [5, 5.41) is 1.14.